The maximum absolute atomic E-state index is 14.8. The Hall–Kier alpha value is -12.3. The van der Waals surface area contributed by atoms with Crippen LogP contribution in [0.2, 0.25) is 0 Å². The van der Waals surface area contributed by atoms with Crippen LogP contribution in [0.3, 0.4) is 0 Å². The van der Waals surface area contributed by atoms with Gasteiger partial charge in [0, 0.05) is 20.8 Å². The van der Waals surface area contributed by atoms with Gasteiger partial charge in [0.15, 0.2) is 61.4 Å². The molecule has 0 aliphatic carbocycles. The highest BCUT2D eigenvalue weighted by atomic mass is 16.8. The van der Waals surface area contributed by atoms with Crippen LogP contribution < -0.4 is 0 Å². The standard InChI is InChI=1S/C80H70O27/c1-47(81)95-61-60(46-94-78-67(105-76(90)56-40-24-10-25-41-56)64(103-74(88)54-36-20-8-21-37-54)62(101-72(86)52-32-16-6-17-33-52)58(98-78)44-92-70(84)50-28-12-4-13-29-50)99-79(97-49(3)83)68(96-48(2)82)66(61)107-80-69(106-77(91)57-42-26-11-27-43-57)65(104-75(89)55-38-22-9-23-39-55)63(102-73(87)53-34-18-7-19-35-53)59(100-80)45-93-71(85)51-30-14-5-15-31-51/h4-43,58-69,78-80H,44-46H2,1-3H3/t58-,59-,60-,61-,62-,63-,64+,65+,66+,67+,68-,69+,78+,79+,80-/m1/s1. The fraction of sp³-hybridized carbons (Fsp3) is 0.263. The van der Waals surface area contributed by atoms with E-state index in [0.717, 1.165) is 20.8 Å². The maximum atomic E-state index is 14.8. The Kier molecular flexibility index (Phi) is 25.8. The first-order valence-electron chi connectivity index (χ1n) is 33.6. The van der Waals surface area contributed by atoms with Crippen molar-refractivity contribution >= 4 is 65.7 Å². The average Bonchev–Trinajstić information content (AvgIpc) is 0.780. The second-order valence-corrected chi connectivity index (χ2v) is 24.2. The fourth-order valence-corrected chi connectivity index (χ4v) is 11.7. The SMILES string of the molecule is CC(=O)O[C@H]1O[C@H](CO[C@H]2O[C@H](COC(=O)c3ccccc3)[C@@H](OC(=O)c3ccccc3)[C@H](OC(=O)c3ccccc3)[C@@H]2OC(=O)c2ccccc2)[C@@H](OC(C)=O)[C@H](O[C@H]2O[C@H](COC(=O)c3ccccc3)[C@@H](OC(=O)c3ccccc3)[C@H](OC(=O)c3ccccc3)[C@@H]2OC(=O)c2ccccc2)[C@H]1OC(C)=O. The maximum Gasteiger partial charge on any atom is 0.338 e. The van der Waals surface area contributed by atoms with Crippen molar-refractivity contribution in [3.8, 4) is 0 Å². The summed E-state index contributed by atoms with van der Waals surface area (Å²) < 4.78 is 100. The molecule has 27 nitrogen and oxygen atoms in total. The molecular weight excluding hydrogens is 1390 g/mol. The van der Waals surface area contributed by atoms with E-state index in [4.69, 9.17) is 75.8 Å². The number of ether oxygens (including phenoxy) is 16. The van der Waals surface area contributed by atoms with Crippen molar-refractivity contribution in [1.82, 2.24) is 0 Å². The van der Waals surface area contributed by atoms with Gasteiger partial charge in [0.1, 0.15) is 37.6 Å². The number of esters is 11. The highest BCUT2D eigenvalue weighted by Crippen LogP contribution is 2.39. The lowest BCUT2D eigenvalue weighted by atomic mass is 9.95. The molecule has 3 saturated heterocycles. The molecule has 0 spiro atoms. The van der Waals surface area contributed by atoms with Gasteiger partial charge in [-0.2, -0.15) is 0 Å². The number of hydrogen-bond acceptors (Lipinski definition) is 27. The first-order chi connectivity index (χ1) is 51.8. The second kappa shape index (κ2) is 36.4. The van der Waals surface area contributed by atoms with Gasteiger partial charge in [0.2, 0.25) is 6.29 Å². The summed E-state index contributed by atoms with van der Waals surface area (Å²) in [5.41, 5.74) is -0.201. The fourth-order valence-electron chi connectivity index (χ4n) is 11.7. The van der Waals surface area contributed by atoms with Crippen LogP contribution in [-0.2, 0) is 90.2 Å². The van der Waals surface area contributed by atoms with Gasteiger partial charge >= 0.3 is 65.7 Å². The summed E-state index contributed by atoms with van der Waals surface area (Å²) in [6, 6.07) is 60.3. The van der Waals surface area contributed by atoms with Gasteiger partial charge < -0.3 is 75.8 Å². The zero-order chi connectivity index (χ0) is 75.3. The molecule has 0 amide bonds. The Morgan fingerprint density at radius 2 is 0.458 bits per heavy atom. The van der Waals surface area contributed by atoms with E-state index in [0.29, 0.717) is 0 Å². The van der Waals surface area contributed by atoms with Crippen molar-refractivity contribution in [3.63, 3.8) is 0 Å². The summed E-state index contributed by atoms with van der Waals surface area (Å²) in [6.07, 6.45) is -30.2. The van der Waals surface area contributed by atoms with Crippen molar-refractivity contribution in [2.45, 2.75) is 113 Å². The molecule has 3 fully saturated rings. The Balaban J connectivity index is 1.03. The van der Waals surface area contributed by atoms with Crippen LogP contribution in [-0.4, -0.2) is 178 Å². The minimum Gasteiger partial charge on any atom is -0.459 e. The Morgan fingerprint density at radius 1 is 0.234 bits per heavy atom. The monoisotopic (exact) mass is 1460 g/mol. The van der Waals surface area contributed by atoms with Crippen LogP contribution in [0, 0.1) is 0 Å². The molecule has 3 aliphatic heterocycles. The summed E-state index contributed by atoms with van der Waals surface area (Å²) >= 11 is 0. The van der Waals surface area contributed by atoms with E-state index in [9.17, 15) is 52.7 Å². The minimum atomic E-state index is -2.26. The van der Waals surface area contributed by atoms with Crippen molar-refractivity contribution in [3.05, 3.63) is 287 Å². The van der Waals surface area contributed by atoms with E-state index in [1.165, 1.54) is 158 Å². The predicted octanol–water partition coefficient (Wildman–Crippen LogP) is 9.06. The van der Waals surface area contributed by atoms with Crippen molar-refractivity contribution in [2.24, 2.45) is 0 Å². The van der Waals surface area contributed by atoms with Crippen molar-refractivity contribution < 1.29 is 129 Å². The van der Waals surface area contributed by atoms with E-state index in [1.807, 2.05) is 0 Å². The zero-order valence-corrected chi connectivity index (χ0v) is 57.4. The molecule has 3 heterocycles. The largest absolute Gasteiger partial charge is 0.459 e. The van der Waals surface area contributed by atoms with Gasteiger partial charge in [0.25, 0.3) is 0 Å². The molecule has 8 aromatic carbocycles. The smallest absolute Gasteiger partial charge is 0.338 e. The summed E-state index contributed by atoms with van der Waals surface area (Å²) in [5, 5.41) is 0. The predicted molar refractivity (Wildman–Crippen MR) is 367 cm³/mol. The van der Waals surface area contributed by atoms with Crippen LogP contribution in [0.5, 0.6) is 0 Å². The Bertz CT molecular complexity index is 4370. The molecule has 3 aliphatic rings. The van der Waals surface area contributed by atoms with E-state index >= 15 is 0 Å². The summed E-state index contributed by atoms with van der Waals surface area (Å²) in [7, 11) is 0. The Morgan fingerprint density at radius 3 is 0.766 bits per heavy atom. The zero-order valence-electron chi connectivity index (χ0n) is 57.4. The van der Waals surface area contributed by atoms with E-state index < -0.39 is 178 Å². The van der Waals surface area contributed by atoms with E-state index in [2.05, 4.69) is 0 Å². The van der Waals surface area contributed by atoms with E-state index in [1.54, 1.807) is 84.9 Å². The quantitative estimate of drug-likeness (QED) is 0.0360. The lowest BCUT2D eigenvalue weighted by Gasteiger charge is -2.49. The molecule has 0 radical (unpaired) electrons. The molecular formula is C80H70O27. The van der Waals surface area contributed by atoms with Crippen LogP contribution in [0.1, 0.15) is 104 Å². The van der Waals surface area contributed by atoms with Gasteiger partial charge in [-0.05, 0) is 97.1 Å². The van der Waals surface area contributed by atoms with Crippen LogP contribution in [0.15, 0.2) is 243 Å². The molecule has 0 saturated carbocycles. The van der Waals surface area contributed by atoms with Crippen LogP contribution >= 0.6 is 0 Å². The number of hydrogen-bond donors (Lipinski definition) is 0. The minimum absolute atomic E-state index is 0.00894. The van der Waals surface area contributed by atoms with E-state index in [-0.39, 0.29) is 44.5 Å². The lowest BCUT2D eigenvalue weighted by molar-refractivity contribution is -0.361. The van der Waals surface area contributed by atoms with Gasteiger partial charge in [0.05, 0.1) is 51.1 Å². The molecule has 0 aromatic heterocycles. The molecule has 0 bridgehead atoms. The third-order valence-electron chi connectivity index (χ3n) is 16.7. The van der Waals surface area contributed by atoms with Gasteiger partial charge in [-0.15, -0.1) is 0 Å². The molecule has 0 unspecified atom stereocenters. The molecule has 107 heavy (non-hydrogen) atoms. The number of carbonyl (C=O) groups excluding carboxylic acids is 11. The topological polar surface area (TPSA) is 335 Å². The number of carbonyl (C=O) groups is 11. The third-order valence-corrected chi connectivity index (χ3v) is 16.7. The average molecular weight is 1460 g/mol. The van der Waals surface area contributed by atoms with Crippen molar-refractivity contribution in [1.29, 1.82) is 0 Å². The summed E-state index contributed by atoms with van der Waals surface area (Å²) in [6.45, 7) is 0.217. The highest BCUT2D eigenvalue weighted by Gasteiger charge is 2.60. The van der Waals surface area contributed by atoms with Gasteiger partial charge in [-0.1, -0.05) is 146 Å². The lowest BCUT2D eigenvalue weighted by Crippen LogP contribution is -2.68. The van der Waals surface area contributed by atoms with Gasteiger partial charge in [-0.3, -0.25) is 14.4 Å². The molecule has 27 heteroatoms. The third kappa shape index (κ3) is 20.0. The van der Waals surface area contributed by atoms with Crippen LogP contribution in [0.25, 0.3) is 0 Å². The summed E-state index contributed by atoms with van der Waals surface area (Å²) in [4.78, 5) is 156. The first kappa shape index (κ1) is 75.9. The van der Waals surface area contributed by atoms with Gasteiger partial charge in [-0.25, -0.2) is 38.4 Å². The van der Waals surface area contributed by atoms with Crippen LogP contribution in [0.4, 0.5) is 0 Å². The molecule has 15 atom stereocenters. The second-order valence-electron chi connectivity index (χ2n) is 24.2. The highest BCUT2D eigenvalue weighted by molar-refractivity contribution is 5.94. The summed E-state index contributed by atoms with van der Waals surface area (Å²) in [5.74, 6) is -11.5. The molecule has 552 valence electrons. The Labute approximate surface area is 611 Å². The number of benzene rings is 8. The molecule has 0 N–H and O–H groups in total. The van der Waals surface area contributed by atoms with Crippen molar-refractivity contribution in [2.75, 3.05) is 19.8 Å². The number of rotatable bonds is 26. The first-order valence-corrected chi connectivity index (χ1v) is 33.6. The molecule has 8 aromatic rings. The normalized spacial score (nSPS) is 23.7. The molecule has 11 rings (SSSR count).